The van der Waals surface area contributed by atoms with Gasteiger partial charge in [0.1, 0.15) is 23.4 Å². The van der Waals surface area contributed by atoms with E-state index in [2.05, 4.69) is 5.32 Å². The van der Waals surface area contributed by atoms with E-state index in [0.29, 0.717) is 6.07 Å². The van der Waals surface area contributed by atoms with E-state index in [-0.39, 0.29) is 26.0 Å². The van der Waals surface area contributed by atoms with Crippen LogP contribution in [0, 0.1) is 15.2 Å². The fourth-order valence-corrected chi connectivity index (χ4v) is 2.61. The molecule has 5 nitrogen and oxygen atoms in total. The number of benzene rings is 2. The van der Waals surface area contributed by atoms with Crippen LogP contribution in [0.15, 0.2) is 30.3 Å². The molecule has 0 aliphatic heterocycles. The molecule has 0 fully saturated rings. The fraction of sp³-hybridized carbons (Fsp3) is 0.125. The highest BCUT2D eigenvalue weighted by molar-refractivity contribution is 14.1. The van der Waals surface area contributed by atoms with E-state index >= 15 is 0 Å². The Kier molecular flexibility index (Phi) is 5.37. The lowest BCUT2D eigenvalue weighted by molar-refractivity contribution is -0.138. The van der Waals surface area contributed by atoms with Gasteiger partial charge in [-0.25, -0.2) is 8.78 Å². The quantitative estimate of drug-likeness (QED) is 0.629. The third kappa shape index (κ3) is 3.81. The second kappa shape index (κ2) is 7.12. The second-order valence-corrected chi connectivity index (χ2v) is 6.17. The molecular formula is C16H12F2INO4. The monoisotopic (exact) mass is 447 g/mol. The van der Waals surface area contributed by atoms with E-state index in [0.717, 1.165) is 6.07 Å². The van der Waals surface area contributed by atoms with E-state index in [9.17, 15) is 23.5 Å². The third-order valence-electron chi connectivity index (χ3n) is 3.27. The van der Waals surface area contributed by atoms with E-state index in [1.807, 2.05) is 0 Å². The summed E-state index contributed by atoms with van der Waals surface area (Å²) in [6.45, 7) is 1.27. The molecule has 8 heteroatoms. The van der Waals surface area contributed by atoms with Gasteiger partial charge in [0.05, 0.1) is 9.13 Å². The maximum atomic E-state index is 13.9. The van der Waals surface area contributed by atoms with Crippen LogP contribution < -0.4 is 5.32 Å². The lowest BCUT2D eigenvalue weighted by atomic mass is 10.0. The molecule has 2 aromatic carbocycles. The third-order valence-corrected chi connectivity index (χ3v) is 4.09. The van der Waals surface area contributed by atoms with E-state index in [4.69, 9.17) is 5.11 Å². The highest BCUT2D eigenvalue weighted by Crippen LogP contribution is 2.32. The number of rotatable bonds is 4. The van der Waals surface area contributed by atoms with E-state index < -0.39 is 29.6 Å². The van der Waals surface area contributed by atoms with Crippen molar-refractivity contribution in [3.05, 3.63) is 51.1 Å². The summed E-state index contributed by atoms with van der Waals surface area (Å²) >= 11 is 1.76. The minimum absolute atomic E-state index is 0.0506. The zero-order chi connectivity index (χ0) is 18.0. The number of nitrogens with one attached hydrogen (secondary N) is 1. The van der Waals surface area contributed by atoms with Crippen molar-refractivity contribution in [2.75, 3.05) is 0 Å². The van der Waals surface area contributed by atoms with Crippen LogP contribution in [0.3, 0.4) is 0 Å². The molecule has 0 spiro atoms. The smallest absolute Gasteiger partial charge is 0.325 e. The number of hydrogen-bond acceptors (Lipinski definition) is 3. The predicted octanol–water partition coefficient (Wildman–Crippen LogP) is 3.14. The number of carbonyl (C=O) groups excluding carboxylic acids is 1. The van der Waals surface area contributed by atoms with Crippen LogP contribution in [0.2, 0.25) is 0 Å². The molecule has 1 amide bonds. The van der Waals surface area contributed by atoms with Gasteiger partial charge in [-0.1, -0.05) is 0 Å². The van der Waals surface area contributed by atoms with Gasteiger partial charge < -0.3 is 15.5 Å². The lowest BCUT2D eigenvalue weighted by Gasteiger charge is -2.13. The Morgan fingerprint density at radius 1 is 1.21 bits per heavy atom. The number of carboxylic acids is 1. The molecule has 0 saturated heterocycles. The minimum Gasteiger partial charge on any atom is -0.506 e. The summed E-state index contributed by atoms with van der Waals surface area (Å²) in [4.78, 5) is 23.0. The molecule has 2 rings (SSSR count). The number of halogens is 3. The Morgan fingerprint density at radius 3 is 2.46 bits per heavy atom. The Hall–Kier alpha value is -2.23. The standard InChI is InChI=1S/C16H12F2INO4/c1-7(16(23)24)20-15(22)11-4-8(5-13(19)14(11)21)10-3-2-9(17)6-12(10)18/h2-7,21H,1H3,(H,20,22)(H,23,24). The van der Waals surface area contributed by atoms with Crippen molar-refractivity contribution in [1.82, 2.24) is 5.32 Å². The highest BCUT2D eigenvalue weighted by Gasteiger charge is 2.21. The average Bonchev–Trinajstić information content (AvgIpc) is 2.49. The second-order valence-electron chi connectivity index (χ2n) is 5.01. The van der Waals surface area contributed by atoms with Crippen molar-refractivity contribution >= 4 is 34.5 Å². The molecule has 0 aliphatic carbocycles. The first-order valence-corrected chi connectivity index (χ1v) is 7.80. The minimum atomic E-state index is -1.24. The highest BCUT2D eigenvalue weighted by atomic mass is 127. The van der Waals surface area contributed by atoms with Crippen LogP contribution in [0.4, 0.5) is 8.78 Å². The van der Waals surface area contributed by atoms with Gasteiger partial charge in [0.25, 0.3) is 5.91 Å². The summed E-state index contributed by atoms with van der Waals surface area (Å²) in [7, 11) is 0. The first kappa shape index (κ1) is 18.1. The summed E-state index contributed by atoms with van der Waals surface area (Å²) in [5.74, 6) is -3.96. The summed E-state index contributed by atoms with van der Waals surface area (Å²) < 4.78 is 27.2. The van der Waals surface area contributed by atoms with Crippen molar-refractivity contribution < 1.29 is 28.6 Å². The topological polar surface area (TPSA) is 86.6 Å². The molecule has 126 valence electrons. The van der Waals surface area contributed by atoms with Crippen LogP contribution in [0.1, 0.15) is 17.3 Å². The summed E-state index contributed by atoms with van der Waals surface area (Å²) in [5, 5.41) is 21.1. The van der Waals surface area contributed by atoms with Crippen molar-refractivity contribution in [3.8, 4) is 16.9 Å². The molecule has 0 bridgehead atoms. The van der Waals surface area contributed by atoms with Gasteiger partial charge in [-0.3, -0.25) is 9.59 Å². The summed E-state index contributed by atoms with van der Waals surface area (Å²) in [5.41, 5.74) is 0.103. The number of phenols is 1. The first-order valence-electron chi connectivity index (χ1n) is 6.72. The van der Waals surface area contributed by atoms with Gasteiger partial charge in [-0.15, -0.1) is 0 Å². The number of amides is 1. The molecule has 24 heavy (non-hydrogen) atoms. The Morgan fingerprint density at radius 2 is 1.88 bits per heavy atom. The van der Waals surface area contributed by atoms with Crippen LogP contribution in [-0.4, -0.2) is 28.1 Å². The average molecular weight is 447 g/mol. The molecule has 1 unspecified atom stereocenters. The van der Waals surface area contributed by atoms with Crippen LogP contribution in [0.25, 0.3) is 11.1 Å². The van der Waals surface area contributed by atoms with Gasteiger partial charge >= 0.3 is 5.97 Å². The van der Waals surface area contributed by atoms with E-state index in [1.165, 1.54) is 25.1 Å². The van der Waals surface area contributed by atoms with Gasteiger partial charge in [0.15, 0.2) is 0 Å². The first-order chi connectivity index (χ1) is 11.2. The summed E-state index contributed by atoms with van der Waals surface area (Å²) in [6.07, 6.45) is 0. The summed E-state index contributed by atoms with van der Waals surface area (Å²) in [6, 6.07) is 4.49. The van der Waals surface area contributed by atoms with Gasteiger partial charge in [-0.05, 0) is 59.3 Å². The molecule has 0 aromatic heterocycles. The van der Waals surface area contributed by atoms with Gasteiger partial charge in [0, 0.05) is 11.6 Å². The van der Waals surface area contributed by atoms with Crippen LogP contribution in [0.5, 0.6) is 5.75 Å². The predicted molar refractivity (Wildman–Crippen MR) is 90.7 cm³/mol. The molecule has 0 heterocycles. The molecule has 0 saturated carbocycles. The number of hydrogen-bond donors (Lipinski definition) is 3. The van der Waals surface area contributed by atoms with Crippen molar-refractivity contribution in [1.29, 1.82) is 0 Å². The zero-order valence-corrected chi connectivity index (χ0v) is 14.5. The number of carbonyl (C=O) groups is 2. The van der Waals surface area contributed by atoms with Crippen molar-refractivity contribution in [3.63, 3.8) is 0 Å². The Labute approximate surface area is 149 Å². The van der Waals surface area contributed by atoms with Crippen LogP contribution in [-0.2, 0) is 4.79 Å². The largest absolute Gasteiger partial charge is 0.506 e. The molecular weight excluding hydrogens is 435 g/mol. The number of phenolic OH excluding ortho intramolecular Hbond substituents is 1. The van der Waals surface area contributed by atoms with Crippen molar-refractivity contribution in [2.45, 2.75) is 13.0 Å². The fourth-order valence-electron chi connectivity index (χ4n) is 1.99. The van der Waals surface area contributed by atoms with Gasteiger partial charge in [-0.2, -0.15) is 0 Å². The number of aliphatic carboxylic acids is 1. The Balaban J connectivity index is 2.48. The molecule has 1 atom stereocenters. The van der Waals surface area contributed by atoms with Crippen molar-refractivity contribution in [2.24, 2.45) is 0 Å². The van der Waals surface area contributed by atoms with Crippen LogP contribution >= 0.6 is 22.6 Å². The molecule has 2 aromatic rings. The van der Waals surface area contributed by atoms with Gasteiger partial charge in [0.2, 0.25) is 0 Å². The Bertz CT molecular complexity index is 826. The molecule has 0 radical (unpaired) electrons. The molecule has 0 aliphatic rings. The zero-order valence-electron chi connectivity index (χ0n) is 12.3. The maximum Gasteiger partial charge on any atom is 0.325 e. The lowest BCUT2D eigenvalue weighted by Crippen LogP contribution is -2.38. The number of carboxylic acid groups (broad SMARTS) is 1. The molecule has 3 N–H and O–H groups in total. The normalized spacial score (nSPS) is 11.8. The van der Waals surface area contributed by atoms with E-state index in [1.54, 1.807) is 22.6 Å². The number of aromatic hydroxyl groups is 1. The SMILES string of the molecule is CC(NC(=O)c1cc(-c2ccc(F)cc2F)cc(I)c1O)C(=O)O. The maximum absolute atomic E-state index is 13.9.